The van der Waals surface area contributed by atoms with Gasteiger partial charge >= 0.3 is 5.97 Å². The van der Waals surface area contributed by atoms with Gasteiger partial charge in [-0.3, -0.25) is 4.79 Å². The summed E-state index contributed by atoms with van der Waals surface area (Å²) in [6.07, 6.45) is 3.47. The molecule has 0 aliphatic heterocycles. The Balaban J connectivity index is 1.58. The first-order chi connectivity index (χ1) is 12.9. The van der Waals surface area contributed by atoms with Crippen molar-refractivity contribution in [2.75, 3.05) is 0 Å². The molecule has 0 radical (unpaired) electrons. The summed E-state index contributed by atoms with van der Waals surface area (Å²) < 4.78 is 18.3. The first-order valence-electron chi connectivity index (χ1n) is 9.17. The molecule has 3 atom stereocenters. The van der Waals surface area contributed by atoms with Crippen molar-refractivity contribution in [2.45, 2.75) is 51.7 Å². The zero-order chi connectivity index (χ0) is 19.4. The lowest BCUT2D eigenvalue weighted by atomic mass is 9.86. The van der Waals surface area contributed by atoms with Gasteiger partial charge in [-0.15, -0.1) is 11.3 Å². The van der Waals surface area contributed by atoms with Crippen LogP contribution in [0.5, 0.6) is 0 Å². The Bertz CT molecular complexity index is 806. The van der Waals surface area contributed by atoms with Gasteiger partial charge in [0.15, 0.2) is 11.8 Å². The van der Waals surface area contributed by atoms with Crippen LogP contribution in [0.25, 0.3) is 10.6 Å². The Hall–Kier alpha value is -2.28. The van der Waals surface area contributed by atoms with Crippen molar-refractivity contribution >= 4 is 23.2 Å². The Morgan fingerprint density at radius 3 is 2.67 bits per heavy atom. The van der Waals surface area contributed by atoms with Crippen LogP contribution < -0.4 is 5.32 Å². The molecule has 1 N–H and O–H groups in total. The molecule has 1 aliphatic carbocycles. The Kier molecular flexibility index (Phi) is 6.21. The maximum Gasteiger partial charge on any atom is 0.358 e. The molecule has 0 spiro atoms. The molecule has 1 heterocycles. The van der Waals surface area contributed by atoms with Gasteiger partial charge in [-0.05, 0) is 49.9 Å². The molecule has 3 rings (SSSR count). The van der Waals surface area contributed by atoms with E-state index in [4.69, 9.17) is 4.74 Å². The number of esters is 1. The number of carbonyl (C=O) groups is 2. The minimum absolute atomic E-state index is 0.136. The zero-order valence-corrected chi connectivity index (χ0v) is 16.2. The maximum absolute atomic E-state index is 13.0. The molecular weight excluding hydrogens is 367 g/mol. The molecule has 1 fully saturated rings. The monoisotopic (exact) mass is 390 g/mol. The Morgan fingerprint density at radius 1 is 1.26 bits per heavy atom. The zero-order valence-electron chi connectivity index (χ0n) is 15.4. The number of carbonyl (C=O) groups excluding carboxylic acids is 2. The van der Waals surface area contributed by atoms with Gasteiger partial charge in [-0.25, -0.2) is 14.2 Å². The van der Waals surface area contributed by atoms with E-state index in [1.165, 1.54) is 29.9 Å². The van der Waals surface area contributed by atoms with E-state index in [1.54, 1.807) is 24.4 Å². The first-order valence-corrected chi connectivity index (χ1v) is 10.0. The fraction of sp³-hybridized carbons (Fsp3) is 0.450. The van der Waals surface area contributed by atoms with Crippen LogP contribution in [0.1, 0.15) is 50.0 Å². The number of thiazole rings is 1. The minimum atomic E-state index is -0.886. The van der Waals surface area contributed by atoms with Crippen LogP contribution in [0.4, 0.5) is 4.39 Å². The number of hydrogen-bond acceptors (Lipinski definition) is 5. The first kappa shape index (κ1) is 19.5. The highest BCUT2D eigenvalue weighted by molar-refractivity contribution is 7.13. The highest BCUT2D eigenvalue weighted by Gasteiger charge is 2.27. The molecule has 1 aromatic heterocycles. The second-order valence-corrected chi connectivity index (χ2v) is 7.83. The van der Waals surface area contributed by atoms with Gasteiger partial charge in [0.25, 0.3) is 5.91 Å². The molecule has 0 unspecified atom stereocenters. The smallest absolute Gasteiger partial charge is 0.358 e. The van der Waals surface area contributed by atoms with E-state index < -0.39 is 12.1 Å². The maximum atomic E-state index is 13.0. The quantitative estimate of drug-likeness (QED) is 0.778. The molecule has 7 heteroatoms. The number of hydrogen-bond donors (Lipinski definition) is 1. The van der Waals surface area contributed by atoms with Gasteiger partial charge in [-0.2, -0.15) is 0 Å². The van der Waals surface area contributed by atoms with Crippen LogP contribution in [0, 0.1) is 11.7 Å². The van der Waals surface area contributed by atoms with Gasteiger partial charge < -0.3 is 10.1 Å². The molecule has 1 aromatic carbocycles. The summed E-state index contributed by atoms with van der Waals surface area (Å²) in [5.41, 5.74) is 0.863. The Morgan fingerprint density at radius 2 is 1.96 bits per heavy atom. The van der Waals surface area contributed by atoms with Crippen LogP contribution in [-0.2, 0) is 9.53 Å². The number of nitrogens with zero attached hydrogens (tertiary/aromatic N) is 1. The predicted molar refractivity (Wildman–Crippen MR) is 102 cm³/mol. The summed E-state index contributed by atoms with van der Waals surface area (Å²) in [7, 11) is 0. The SMILES string of the molecule is C[C@@H]1CCCC[C@@H]1NC(=O)[C@@H](C)OC(=O)c1csc(-c2ccc(F)cc2)n1. The van der Waals surface area contributed by atoms with Crippen LogP contribution in [0.3, 0.4) is 0 Å². The van der Waals surface area contributed by atoms with Crippen LogP contribution >= 0.6 is 11.3 Å². The second-order valence-electron chi connectivity index (χ2n) is 6.97. The highest BCUT2D eigenvalue weighted by Crippen LogP contribution is 2.25. The van der Waals surface area contributed by atoms with Crippen LogP contribution in [0.15, 0.2) is 29.6 Å². The third-order valence-electron chi connectivity index (χ3n) is 4.90. The topological polar surface area (TPSA) is 68.3 Å². The largest absolute Gasteiger partial charge is 0.448 e. The van der Waals surface area contributed by atoms with Gasteiger partial charge in [-0.1, -0.05) is 19.8 Å². The van der Waals surface area contributed by atoms with Crippen molar-refractivity contribution < 1.29 is 18.7 Å². The summed E-state index contributed by atoms with van der Waals surface area (Å²) in [6.45, 7) is 3.70. The number of rotatable bonds is 5. The van der Waals surface area contributed by atoms with E-state index >= 15 is 0 Å². The van der Waals surface area contributed by atoms with E-state index in [2.05, 4.69) is 17.2 Å². The van der Waals surface area contributed by atoms with E-state index in [9.17, 15) is 14.0 Å². The number of amides is 1. The van der Waals surface area contributed by atoms with Crippen molar-refractivity contribution in [1.82, 2.24) is 10.3 Å². The molecular formula is C20H23FN2O3S. The summed E-state index contributed by atoms with van der Waals surface area (Å²) in [4.78, 5) is 28.9. The molecule has 2 aromatic rings. The van der Waals surface area contributed by atoms with E-state index in [1.807, 2.05) is 0 Å². The van der Waals surface area contributed by atoms with Crippen molar-refractivity contribution in [2.24, 2.45) is 5.92 Å². The standard InChI is InChI=1S/C20H23FN2O3S/c1-12-5-3-4-6-16(12)22-18(24)13(2)26-20(25)17-11-27-19(23-17)14-7-9-15(21)10-8-14/h7-13,16H,3-6H2,1-2H3,(H,22,24)/t12-,13-,16+/m1/s1. The lowest BCUT2D eigenvalue weighted by Gasteiger charge is -2.30. The van der Waals surface area contributed by atoms with E-state index in [-0.39, 0.29) is 23.5 Å². The number of aromatic nitrogens is 1. The van der Waals surface area contributed by atoms with Crippen LogP contribution in [-0.4, -0.2) is 29.0 Å². The third-order valence-corrected chi connectivity index (χ3v) is 5.79. The van der Waals surface area contributed by atoms with Gasteiger partial charge in [0.05, 0.1) is 0 Å². The molecule has 1 amide bonds. The number of ether oxygens (including phenoxy) is 1. The van der Waals surface area contributed by atoms with Crippen molar-refractivity contribution in [3.05, 3.63) is 41.2 Å². The summed E-state index contributed by atoms with van der Waals surface area (Å²) >= 11 is 1.27. The third kappa shape index (κ3) is 4.91. The molecule has 0 bridgehead atoms. The molecule has 27 heavy (non-hydrogen) atoms. The lowest BCUT2D eigenvalue weighted by Crippen LogP contribution is -2.46. The summed E-state index contributed by atoms with van der Waals surface area (Å²) in [5, 5.41) is 5.16. The highest BCUT2D eigenvalue weighted by atomic mass is 32.1. The Labute approximate surface area is 162 Å². The van der Waals surface area contributed by atoms with Crippen LogP contribution in [0.2, 0.25) is 0 Å². The molecule has 0 saturated heterocycles. The fourth-order valence-electron chi connectivity index (χ4n) is 3.20. The lowest BCUT2D eigenvalue weighted by molar-refractivity contribution is -0.130. The fourth-order valence-corrected chi connectivity index (χ4v) is 3.99. The predicted octanol–water partition coefficient (Wildman–Crippen LogP) is 4.19. The normalized spacial score (nSPS) is 20.7. The van der Waals surface area contributed by atoms with E-state index in [0.717, 1.165) is 24.8 Å². The average molecular weight is 390 g/mol. The van der Waals surface area contributed by atoms with Gasteiger partial charge in [0.1, 0.15) is 10.8 Å². The van der Waals surface area contributed by atoms with Gasteiger partial charge in [0, 0.05) is 17.0 Å². The number of halogens is 1. The number of benzene rings is 1. The molecule has 5 nitrogen and oxygen atoms in total. The van der Waals surface area contributed by atoms with Crippen molar-refractivity contribution in [3.8, 4) is 10.6 Å². The second kappa shape index (κ2) is 8.61. The van der Waals surface area contributed by atoms with Crippen molar-refractivity contribution in [3.63, 3.8) is 0 Å². The summed E-state index contributed by atoms with van der Waals surface area (Å²) in [5.74, 6) is -0.820. The molecule has 1 saturated carbocycles. The summed E-state index contributed by atoms with van der Waals surface area (Å²) in [6, 6.07) is 6.02. The molecule has 1 aliphatic rings. The number of nitrogens with one attached hydrogen (secondary N) is 1. The van der Waals surface area contributed by atoms with Gasteiger partial charge in [0.2, 0.25) is 0 Å². The molecule has 144 valence electrons. The minimum Gasteiger partial charge on any atom is -0.448 e. The van der Waals surface area contributed by atoms with Crippen molar-refractivity contribution in [1.29, 1.82) is 0 Å². The average Bonchev–Trinajstić information content (AvgIpc) is 3.14. The van der Waals surface area contributed by atoms with E-state index in [0.29, 0.717) is 10.9 Å².